The standard InChI is InChI=1S/C17H20BrN3/c18-16-7-4-8-17(20-16)19-15-9-11-21(12-10-15)13-14-5-2-1-3-6-14/h1-8,15H,9-13H2,(H,19,20). The molecule has 1 fully saturated rings. The van der Waals surface area contributed by atoms with E-state index < -0.39 is 0 Å². The number of benzene rings is 1. The molecule has 1 N–H and O–H groups in total. The highest BCUT2D eigenvalue weighted by Crippen LogP contribution is 2.18. The van der Waals surface area contributed by atoms with Crippen molar-refractivity contribution in [3.05, 3.63) is 58.7 Å². The molecule has 1 saturated heterocycles. The average Bonchev–Trinajstić information content (AvgIpc) is 2.50. The Kier molecular flexibility index (Phi) is 4.88. The SMILES string of the molecule is Brc1cccc(NC2CCN(Cc3ccccc3)CC2)n1. The molecule has 4 heteroatoms. The molecule has 0 unspecified atom stereocenters. The first-order valence-electron chi connectivity index (χ1n) is 7.45. The predicted octanol–water partition coefficient (Wildman–Crippen LogP) is 3.92. The number of rotatable bonds is 4. The van der Waals surface area contributed by atoms with E-state index in [0.717, 1.165) is 30.1 Å². The largest absolute Gasteiger partial charge is 0.367 e. The summed E-state index contributed by atoms with van der Waals surface area (Å²) < 4.78 is 0.883. The van der Waals surface area contributed by atoms with E-state index in [0.29, 0.717) is 6.04 Å². The van der Waals surface area contributed by atoms with E-state index in [2.05, 4.69) is 61.5 Å². The second-order valence-corrected chi connectivity index (χ2v) is 6.34. The Morgan fingerprint density at radius 2 is 1.81 bits per heavy atom. The van der Waals surface area contributed by atoms with Crippen molar-refractivity contribution >= 4 is 21.7 Å². The van der Waals surface area contributed by atoms with Crippen LogP contribution >= 0.6 is 15.9 Å². The molecule has 2 aromatic rings. The molecular formula is C17H20BrN3. The van der Waals surface area contributed by atoms with Crippen molar-refractivity contribution in [2.75, 3.05) is 18.4 Å². The van der Waals surface area contributed by atoms with E-state index in [1.165, 1.54) is 18.4 Å². The van der Waals surface area contributed by atoms with Crippen molar-refractivity contribution in [2.24, 2.45) is 0 Å². The fraction of sp³-hybridized carbons (Fsp3) is 0.353. The van der Waals surface area contributed by atoms with Crippen LogP contribution in [0.2, 0.25) is 0 Å². The maximum atomic E-state index is 4.45. The Balaban J connectivity index is 1.49. The van der Waals surface area contributed by atoms with E-state index in [9.17, 15) is 0 Å². The molecule has 0 saturated carbocycles. The molecule has 0 bridgehead atoms. The van der Waals surface area contributed by atoms with E-state index in [1.807, 2.05) is 18.2 Å². The molecule has 1 aromatic carbocycles. The summed E-state index contributed by atoms with van der Waals surface area (Å²) in [6.45, 7) is 3.34. The molecule has 2 heterocycles. The van der Waals surface area contributed by atoms with Crippen molar-refractivity contribution in [1.82, 2.24) is 9.88 Å². The van der Waals surface area contributed by atoms with Gasteiger partial charge in [0.2, 0.25) is 0 Å². The molecular weight excluding hydrogens is 326 g/mol. The molecule has 0 atom stereocenters. The number of hydrogen-bond donors (Lipinski definition) is 1. The zero-order valence-electron chi connectivity index (χ0n) is 12.0. The smallest absolute Gasteiger partial charge is 0.127 e. The molecule has 1 aliphatic heterocycles. The minimum atomic E-state index is 0.527. The normalized spacial score (nSPS) is 16.8. The van der Waals surface area contributed by atoms with Crippen LogP contribution in [0, 0.1) is 0 Å². The van der Waals surface area contributed by atoms with Crippen LogP contribution < -0.4 is 5.32 Å². The number of anilines is 1. The Morgan fingerprint density at radius 1 is 1.05 bits per heavy atom. The predicted molar refractivity (Wildman–Crippen MR) is 90.3 cm³/mol. The van der Waals surface area contributed by atoms with Gasteiger partial charge in [-0.15, -0.1) is 0 Å². The van der Waals surface area contributed by atoms with Gasteiger partial charge in [0.05, 0.1) is 0 Å². The number of nitrogens with zero attached hydrogens (tertiary/aromatic N) is 2. The van der Waals surface area contributed by atoms with Crippen LogP contribution in [0.25, 0.3) is 0 Å². The average molecular weight is 346 g/mol. The third-order valence-electron chi connectivity index (χ3n) is 3.90. The highest BCUT2D eigenvalue weighted by Gasteiger charge is 2.19. The lowest BCUT2D eigenvalue weighted by Gasteiger charge is -2.32. The maximum absolute atomic E-state index is 4.45. The van der Waals surface area contributed by atoms with E-state index in [4.69, 9.17) is 0 Å². The Hall–Kier alpha value is -1.39. The molecule has 110 valence electrons. The van der Waals surface area contributed by atoms with Crippen molar-refractivity contribution in [2.45, 2.75) is 25.4 Å². The van der Waals surface area contributed by atoms with Crippen LogP contribution in [-0.2, 0) is 6.54 Å². The van der Waals surface area contributed by atoms with Gasteiger partial charge < -0.3 is 5.32 Å². The maximum Gasteiger partial charge on any atom is 0.127 e. The second kappa shape index (κ2) is 7.05. The van der Waals surface area contributed by atoms with Crippen LogP contribution in [0.15, 0.2) is 53.1 Å². The van der Waals surface area contributed by atoms with Gasteiger partial charge in [-0.05, 0) is 46.5 Å². The lowest BCUT2D eigenvalue weighted by atomic mass is 10.0. The first-order chi connectivity index (χ1) is 10.3. The van der Waals surface area contributed by atoms with Crippen molar-refractivity contribution in [1.29, 1.82) is 0 Å². The Morgan fingerprint density at radius 3 is 2.52 bits per heavy atom. The zero-order valence-corrected chi connectivity index (χ0v) is 13.6. The number of halogens is 1. The van der Waals surface area contributed by atoms with Crippen molar-refractivity contribution < 1.29 is 0 Å². The third-order valence-corrected chi connectivity index (χ3v) is 4.35. The number of nitrogens with one attached hydrogen (secondary N) is 1. The van der Waals surface area contributed by atoms with Gasteiger partial charge in [0.15, 0.2) is 0 Å². The summed E-state index contributed by atoms with van der Waals surface area (Å²) in [5.74, 6) is 0.964. The van der Waals surface area contributed by atoms with E-state index >= 15 is 0 Å². The van der Waals surface area contributed by atoms with Crippen LogP contribution in [0.1, 0.15) is 18.4 Å². The monoisotopic (exact) mass is 345 g/mol. The molecule has 0 radical (unpaired) electrons. The first-order valence-corrected chi connectivity index (χ1v) is 8.24. The van der Waals surface area contributed by atoms with Gasteiger partial charge in [-0.1, -0.05) is 36.4 Å². The zero-order chi connectivity index (χ0) is 14.5. The van der Waals surface area contributed by atoms with Crippen LogP contribution in [0.4, 0.5) is 5.82 Å². The third kappa shape index (κ3) is 4.29. The van der Waals surface area contributed by atoms with E-state index in [-0.39, 0.29) is 0 Å². The Labute approximate surface area is 134 Å². The summed E-state index contributed by atoms with van der Waals surface area (Å²) in [7, 11) is 0. The minimum Gasteiger partial charge on any atom is -0.367 e. The molecule has 0 aliphatic carbocycles. The quantitative estimate of drug-likeness (QED) is 0.851. The van der Waals surface area contributed by atoms with Gasteiger partial charge in [0.25, 0.3) is 0 Å². The van der Waals surface area contributed by atoms with E-state index in [1.54, 1.807) is 0 Å². The van der Waals surface area contributed by atoms with Gasteiger partial charge in [0.1, 0.15) is 10.4 Å². The summed E-state index contributed by atoms with van der Waals surface area (Å²) >= 11 is 3.41. The Bertz CT molecular complexity index is 565. The molecule has 21 heavy (non-hydrogen) atoms. The lowest BCUT2D eigenvalue weighted by molar-refractivity contribution is 0.211. The topological polar surface area (TPSA) is 28.2 Å². The molecule has 3 rings (SSSR count). The van der Waals surface area contributed by atoms with Gasteiger partial charge in [-0.3, -0.25) is 4.90 Å². The summed E-state index contributed by atoms with van der Waals surface area (Å²) in [4.78, 5) is 6.98. The number of piperidine rings is 1. The molecule has 3 nitrogen and oxygen atoms in total. The van der Waals surface area contributed by atoms with Gasteiger partial charge in [-0.25, -0.2) is 4.98 Å². The number of aromatic nitrogens is 1. The summed E-state index contributed by atoms with van der Waals surface area (Å²) in [5.41, 5.74) is 1.40. The minimum absolute atomic E-state index is 0.527. The second-order valence-electron chi connectivity index (χ2n) is 5.53. The van der Waals surface area contributed by atoms with Crippen LogP contribution in [0.5, 0.6) is 0 Å². The van der Waals surface area contributed by atoms with Gasteiger partial charge in [-0.2, -0.15) is 0 Å². The number of likely N-dealkylation sites (tertiary alicyclic amines) is 1. The van der Waals surface area contributed by atoms with Gasteiger partial charge >= 0.3 is 0 Å². The first kappa shape index (κ1) is 14.5. The highest BCUT2D eigenvalue weighted by atomic mass is 79.9. The molecule has 0 spiro atoms. The molecule has 1 aliphatic rings. The number of pyridine rings is 1. The van der Waals surface area contributed by atoms with Crippen molar-refractivity contribution in [3.8, 4) is 0 Å². The van der Waals surface area contributed by atoms with Crippen LogP contribution in [-0.4, -0.2) is 29.0 Å². The van der Waals surface area contributed by atoms with Crippen LogP contribution in [0.3, 0.4) is 0 Å². The van der Waals surface area contributed by atoms with Gasteiger partial charge in [0, 0.05) is 25.7 Å². The summed E-state index contributed by atoms with van der Waals surface area (Å²) in [5, 5.41) is 3.54. The van der Waals surface area contributed by atoms with Crippen molar-refractivity contribution in [3.63, 3.8) is 0 Å². The lowest BCUT2D eigenvalue weighted by Crippen LogP contribution is -2.38. The molecule has 1 aromatic heterocycles. The number of hydrogen-bond acceptors (Lipinski definition) is 3. The fourth-order valence-electron chi connectivity index (χ4n) is 2.77. The summed E-state index contributed by atoms with van der Waals surface area (Å²) in [6.07, 6.45) is 2.34. The summed E-state index contributed by atoms with van der Waals surface area (Å²) in [6, 6.07) is 17.2. The fourth-order valence-corrected chi connectivity index (χ4v) is 3.12. The highest BCUT2D eigenvalue weighted by molar-refractivity contribution is 9.10. The molecule has 0 amide bonds.